The highest BCUT2D eigenvalue weighted by atomic mass is 28.4. The summed E-state index contributed by atoms with van der Waals surface area (Å²) in [5, 5.41) is 2.36. The first-order valence-electron chi connectivity index (χ1n) is 10.9. The number of hydrogen-bond donors (Lipinski definition) is 0. The summed E-state index contributed by atoms with van der Waals surface area (Å²) < 4.78 is 12.7. The lowest BCUT2D eigenvalue weighted by Crippen LogP contribution is -2.67. The van der Waals surface area contributed by atoms with Gasteiger partial charge >= 0.3 is 5.97 Å². The summed E-state index contributed by atoms with van der Waals surface area (Å²) >= 11 is 0. The van der Waals surface area contributed by atoms with E-state index < -0.39 is 14.3 Å². The second-order valence-corrected chi connectivity index (χ2v) is 13.5. The largest absolute Gasteiger partial charge is 0.458 e. The van der Waals surface area contributed by atoms with Crippen molar-refractivity contribution in [3.05, 3.63) is 86.0 Å². The molecule has 2 aromatic rings. The lowest BCUT2D eigenvalue weighted by molar-refractivity contribution is -0.148. The predicted octanol–water partition coefficient (Wildman–Crippen LogP) is 5.12. The van der Waals surface area contributed by atoms with Crippen LogP contribution < -0.4 is 10.4 Å². The summed E-state index contributed by atoms with van der Waals surface area (Å²) in [6.07, 6.45) is 2.69. The minimum atomic E-state index is -2.64. The third-order valence-electron chi connectivity index (χ3n) is 5.85. The summed E-state index contributed by atoms with van der Waals surface area (Å²) in [5.41, 5.74) is 0. The van der Waals surface area contributed by atoms with E-state index in [0.29, 0.717) is 6.61 Å². The van der Waals surface area contributed by atoms with Gasteiger partial charge in [-0.2, -0.15) is 0 Å². The highest BCUT2D eigenvalue weighted by molar-refractivity contribution is 6.99. The van der Waals surface area contributed by atoms with Gasteiger partial charge in [-0.1, -0.05) is 108 Å². The Kier molecular flexibility index (Phi) is 8.60. The van der Waals surface area contributed by atoms with Gasteiger partial charge in [0.2, 0.25) is 0 Å². The number of carbonyl (C=O) groups excluding carboxylic acids is 1. The fraction of sp³-hybridized carbons (Fsp3) is 0.370. The Bertz CT molecular complexity index is 816. The molecule has 0 unspecified atom stereocenters. The number of hydrogen-bond acceptors (Lipinski definition) is 3. The normalized spacial score (nSPS) is 14.9. The first-order valence-corrected chi connectivity index (χ1v) is 12.8. The van der Waals surface area contributed by atoms with E-state index >= 15 is 0 Å². The maximum absolute atomic E-state index is 11.9. The number of rotatable bonds is 10. The molecular formula is C27H36O3Si. The zero-order valence-corrected chi connectivity index (χ0v) is 20.5. The Labute approximate surface area is 188 Å². The Morgan fingerprint density at radius 3 is 1.84 bits per heavy atom. The van der Waals surface area contributed by atoms with Gasteiger partial charge in [-0.05, 0) is 15.4 Å². The summed E-state index contributed by atoms with van der Waals surface area (Å²) in [4.78, 5) is 11.9. The van der Waals surface area contributed by atoms with Crippen molar-refractivity contribution >= 4 is 24.7 Å². The lowest BCUT2D eigenvalue weighted by Gasteiger charge is -2.44. The number of benzene rings is 2. The van der Waals surface area contributed by atoms with Crippen molar-refractivity contribution in [1.29, 1.82) is 0 Å². The molecule has 0 saturated heterocycles. The first-order chi connectivity index (χ1) is 14.7. The van der Waals surface area contributed by atoms with Crippen LogP contribution in [0.15, 0.2) is 86.0 Å². The molecule has 0 fully saturated rings. The van der Waals surface area contributed by atoms with Crippen molar-refractivity contribution in [1.82, 2.24) is 0 Å². The average molecular weight is 437 g/mol. The van der Waals surface area contributed by atoms with E-state index in [0.717, 1.165) is 0 Å². The third kappa shape index (κ3) is 5.63. The summed E-state index contributed by atoms with van der Waals surface area (Å²) in [6.45, 7) is 18.7. The fourth-order valence-corrected chi connectivity index (χ4v) is 8.84. The van der Waals surface area contributed by atoms with Crippen LogP contribution in [-0.4, -0.2) is 27.0 Å². The third-order valence-corrected chi connectivity index (χ3v) is 10.9. The maximum atomic E-state index is 11.9. The van der Waals surface area contributed by atoms with Gasteiger partial charge < -0.3 is 9.16 Å². The highest BCUT2D eigenvalue weighted by Gasteiger charge is 2.50. The zero-order valence-electron chi connectivity index (χ0n) is 19.5. The zero-order chi connectivity index (χ0) is 23.1. The van der Waals surface area contributed by atoms with Crippen molar-refractivity contribution in [2.75, 3.05) is 6.61 Å². The molecule has 0 bridgehead atoms. The van der Waals surface area contributed by atoms with Crippen molar-refractivity contribution < 1.29 is 14.0 Å². The Hall–Kier alpha value is -2.43. The van der Waals surface area contributed by atoms with Crippen molar-refractivity contribution in [2.24, 2.45) is 11.8 Å². The molecule has 0 heterocycles. The van der Waals surface area contributed by atoms with Crippen LogP contribution in [0.25, 0.3) is 0 Å². The number of carbonyl (C=O) groups is 1. The Balaban J connectivity index is 2.47. The fourth-order valence-electron chi connectivity index (χ4n) is 4.17. The van der Waals surface area contributed by atoms with Crippen LogP contribution in [0.2, 0.25) is 5.04 Å². The molecule has 0 aliphatic heterocycles. The molecular weight excluding hydrogens is 400 g/mol. The van der Waals surface area contributed by atoms with Gasteiger partial charge in [0, 0.05) is 24.5 Å². The van der Waals surface area contributed by atoms with Crippen LogP contribution in [0.5, 0.6) is 0 Å². The minimum Gasteiger partial charge on any atom is -0.458 e. The molecule has 3 nitrogen and oxygen atoms in total. The van der Waals surface area contributed by atoms with Crippen LogP contribution in [0, 0.1) is 11.8 Å². The molecule has 4 heteroatoms. The van der Waals surface area contributed by atoms with Gasteiger partial charge in [-0.25, -0.2) is 4.79 Å². The number of esters is 1. The Morgan fingerprint density at radius 2 is 1.45 bits per heavy atom. The summed E-state index contributed by atoms with van der Waals surface area (Å²) in [5.74, 6) is -0.434. The Morgan fingerprint density at radius 1 is 0.968 bits per heavy atom. The first kappa shape index (κ1) is 24.8. The van der Waals surface area contributed by atoms with Gasteiger partial charge in [0.25, 0.3) is 8.32 Å². The van der Waals surface area contributed by atoms with Gasteiger partial charge in [0.05, 0.1) is 0 Å². The van der Waals surface area contributed by atoms with Crippen molar-refractivity contribution in [2.45, 2.75) is 45.8 Å². The molecule has 0 saturated carbocycles. The van der Waals surface area contributed by atoms with Crippen LogP contribution in [0.3, 0.4) is 0 Å². The molecule has 166 valence electrons. The monoisotopic (exact) mass is 436 g/mol. The molecule has 0 N–H and O–H groups in total. The van der Waals surface area contributed by atoms with Crippen LogP contribution in [0.1, 0.15) is 34.6 Å². The van der Waals surface area contributed by atoms with E-state index in [1.165, 1.54) is 16.4 Å². The maximum Gasteiger partial charge on any atom is 0.330 e. The van der Waals surface area contributed by atoms with Gasteiger partial charge in [-0.3, -0.25) is 0 Å². The second-order valence-electron chi connectivity index (χ2n) is 9.15. The predicted molar refractivity (Wildman–Crippen MR) is 132 cm³/mol. The van der Waals surface area contributed by atoms with Gasteiger partial charge in [0.15, 0.2) is 0 Å². The molecule has 2 rings (SSSR count). The van der Waals surface area contributed by atoms with E-state index in [-0.39, 0.29) is 23.0 Å². The molecule has 0 aliphatic rings. The van der Waals surface area contributed by atoms with Crippen LogP contribution >= 0.6 is 0 Å². The minimum absolute atomic E-state index is 0.00153. The van der Waals surface area contributed by atoms with E-state index in [2.05, 4.69) is 89.4 Å². The van der Waals surface area contributed by atoms with Crippen molar-refractivity contribution in [3.63, 3.8) is 0 Å². The van der Waals surface area contributed by atoms with E-state index in [4.69, 9.17) is 9.16 Å². The molecule has 3 atom stereocenters. The van der Waals surface area contributed by atoms with E-state index in [1.54, 1.807) is 0 Å². The molecule has 0 aromatic heterocycles. The van der Waals surface area contributed by atoms with Gasteiger partial charge in [0.1, 0.15) is 6.10 Å². The van der Waals surface area contributed by atoms with Crippen molar-refractivity contribution in [3.8, 4) is 0 Å². The van der Waals surface area contributed by atoms with E-state index in [9.17, 15) is 4.79 Å². The standard InChI is InChI=1S/C27H36O3Si/c1-8-21(3)26(30-25(28)9-2)22(4)20-29-31(27(5,6)7,23-16-12-10-13-17-23)24-18-14-11-15-19-24/h8-19,21-22,26H,1-2,20H2,3-7H3/t21-,22-,26-/m0/s1. The second kappa shape index (κ2) is 10.7. The number of ether oxygens (including phenoxy) is 1. The summed E-state index contributed by atoms with van der Waals surface area (Å²) in [7, 11) is -2.64. The molecule has 0 spiro atoms. The molecule has 2 aromatic carbocycles. The average Bonchev–Trinajstić information content (AvgIpc) is 2.77. The van der Waals surface area contributed by atoms with Crippen LogP contribution in [-0.2, 0) is 14.0 Å². The molecule has 0 aliphatic carbocycles. The lowest BCUT2D eigenvalue weighted by atomic mass is 9.94. The van der Waals surface area contributed by atoms with Crippen LogP contribution in [0.4, 0.5) is 0 Å². The molecule has 0 radical (unpaired) electrons. The smallest absolute Gasteiger partial charge is 0.330 e. The summed E-state index contributed by atoms with van der Waals surface area (Å²) in [6, 6.07) is 21.1. The van der Waals surface area contributed by atoms with Gasteiger partial charge in [-0.15, -0.1) is 6.58 Å². The van der Waals surface area contributed by atoms with E-state index in [1.807, 2.05) is 25.1 Å². The molecule has 0 amide bonds. The molecule has 31 heavy (non-hydrogen) atoms. The highest BCUT2D eigenvalue weighted by Crippen LogP contribution is 2.37. The quantitative estimate of drug-likeness (QED) is 0.224. The SMILES string of the molecule is C=CC(=O)O[C@@H]([C@@H](C)C=C)[C@@H](C)CO[Si](c1ccccc1)(c1ccccc1)C(C)(C)C. The topological polar surface area (TPSA) is 35.5 Å².